The van der Waals surface area contributed by atoms with E-state index in [0.717, 1.165) is 22.9 Å². The topological polar surface area (TPSA) is 21.3 Å². The quantitative estimate of drug-likeness (QED) is 0.179. The highest BCUT2D eigenvalue weighted by Gasteiger charge is 2.11. The van der Waals surface area contributed by atoms with E-state index in [4.69, 9.17) is 4.74 Å². The van der Waals surface area contributed by atoms with Gasteiger partial charge in [-0.3, -0.25) is 0 Å². The van der Waals surface area contributed by atoms with Gasteiger partial charge in [0.25, 0.3) is 0 Å². The lowest BCUT2D eigenvalue weighted by Gasteiger charge is -2.15. The first-order valence-corrected chi connectivity index (χ1v) is 17.7. The molecule has 0 radical (unpaired) electrons. The van der Waals surface area contributed by atoms with E-state index in [-0.39, 0.29) is 0 Å². The van der Waals surface area contributed by atoms with Crippen molar-refractivity contribution < 1.29 is 4.74 Å². The standard InChI is InChI=1S/C37H27NO.C10H8S/c1-25-21-27(23-28(22-25)38-36-17-9-10-18-37(36)39-29-11-3-2-4-12-29)26-19-20-34-32-15-6-5-13-30(32)31-14-7-8-16-33(31)35(34)24-26;1-2-5-9(6-3-1)10-7-4-8-11-10/h2-24,38H,1H3;1-8H. The first-order valence-electron chi connectivity index (χ1n) is 16.8. The van der Waals surface area contributed by atoms with Crippen molar-refractivity contribution in [3.63, 3.8) is 0 Å². The minimum absolute atomic E-state index is 0.788. The maximum atomic E-state index is 6.19. The van der Waals surface area contributed by atoms with Crippen LogP contribution in [0.4, 0.5) is 11.4 Å². The van der Waals surface area contributed by atoms with Crippen molar-refractivity contribution in [3.05, 3.63) is 193 Å². The van der Waals surface area contributed by atoms with Gasteiger partial charge in [0.05, 0.1) is 5.69 Å². The van der Waals surface area contributed by atoms with Crippen LogP contribution in [0.1, 0.15) is 5.56 Å². The molecule has 0 unspecified atom stereocenters. The van der Waals surface area contributed by atoms with Crippen LogP contribution < -0.4 is 10.1 Å². The predicted molar refractivity (Wildman–Crippen MR) is 215 cm³/mol. The second-order valence-electron chi connectivity index (χ2n) is 12.3. The average Bonchev–Trinajstić information content (AvgIpc) is 3.72. The van der Waals surface area contributed by atoms with Crippen LogP contribution in [-0.2, 0) is 0 Å². The Morgan fingerprint density at radius 2 is 1.04 bits per heavy atom. The summed E-state index contributed by atoms with van der Waals surface area (Å²) in [7, 11) is 0. The van der Waals surface area contributed by atoms with Gasteiger partial charge in [-0.2, -0.15) is 0 Å². The minimum Gasteiger partial charge on any atom is -0.455 e. The van der Waals surface area contributed by atoms with Crippen LogP contribution in [0.2, 0.25) is 0 Å². The summed E-state index contributed by atoms with van der Waals surface area (Å²) in [5.41, 5.74) is 6.83. The summed E-state index contributed by atoms with van der Waals surface area (Å²) in [6, 6.07) is 63.5. The second-order valence-corrected chi connectivity index (χ2v) is 13.3. The van der Waals surface area contributed by atoms with Crippen LogP contribution in [-0.4, -0.2) is 0 Å². The zero-order valence-corrected chi connectivity index (χ0v) is 28.5. The number of anilines is 2. The Hall–Kier alpha value is -6.16. The smallest absolute Gasteiger partial charge is 0.150 e. The molecule has 0 saturated heterocycles. The fourth-order valence-electron chi connectivity index (χ4n) is 6.58. The largest absolute Gasteiger partial charge is 0.455 e. The number of aryl methyl sites for hydroxylation is 1. The molecule has 0 atom stereocenters. The maximum absolute atomic E-state index is 6.19. The zero-order valence-electron chi connectivity index (χ0n) is 27.7. The molecule has 3 heteroatoms. The molecule has 50 heavy (non-hydrogen) atoms. The molecule has 1 heterocycles. The van der Waals surface area contributed by atoms with E-state index in [0.29, 0.717) is 0 Å². The van der Waals surface area contributed by atoms with Crippen molar-refractivity contribution in [2.75, 3.05) is 5.32 Å². The number of thiophene rings is 1. The highest BCUT2D eigenvalue weighted by molar-refractivity contribution is 7.13. The van der Waals surface area contributed by atoms with Crippen LogP contribution in [0, 0.1) is 6.92 Å². The highest BCUT2D eigenvalue weighted by atomic mass is 32.1. The van der Waals surface area contributed by atoms with E-state index in [2.05, 4.69) is 139 Å². The summed E-state index contributed by atoms with van der Waals surface area (Å²) in [6.07, 6.45) is 0. The third-order valence-corrected chi connectivity index (χ3v) is 9.79. The first kappa shape index (κ1) is 31.1. The molecule has 0 spiro atoms. The van der Waals surface area contributed by atoms with Gasteiger partial charge in [0.15, 0.2) is 5.75 Å². The number of para-hydroxylation sites is 3. The van der Waals surface area contributed by atoms with Crippen molar-refractivity contribution in [1.29, 1.82) is 0 Å². The van der Waals surface area contributed by atoms with E-state index < -0.39 is 0 Å². The van der Waals surface area contributed by atoms with Gasteiger partial charge in [0.2, 0.25) is 0 Å². The van der Waals surface area contributed by atoms with E-state index >= 15 is 0 Å². The second kappa shape index (κ2) is 14.1. The van der Waals surface area contributed by atoms with Crippen LogP contribution in [0.3, 0.4) is 0 Å². The number of benzene rings is 8. The third-order valence-electron chi connectivity index (χ3n) is 8.87. The fourth-order valence-corrected chi connectivity index (χ4v) is 7.32. The Labute approximate surface area is 296 Å². The third kappa shape index (κ3) is 6.60. The summed E-state index contributed by atoms with van der Waals surface area (Å²) >= 11 is 1.78. The molecule has 9 aromatic rings. The first-order chi connectivity index (χ1) is 24.7. The van der Waals surface area contributed by atoms with Gasteiger partial charge in [-0.05, 0) is 115 Å². The SMILES string of the molecule is Cc1cc(Nc2ccccc2Oc2ccccc2)cc(-c2ccc3c4ccccc4c4ccccc4c3c2)c1.c1ccc(-c2cccs2)cc1. The Bertz CT molecular complexity index is 2510. The summed E-state index contributed by atoms with van der Waals surface area (Å²) in [6.45, 7) is 2.14. The van der Waals surface area contributed by atoms with Crippen molar-refractivity contribution in [3.8, 4) is 33.1 Å². The molecular weight excluding hydrogens is 627 g/mol. The molecule has 240 valence electrons. The van der Waals surface area contributed by atoms with Crippen molar-refractivity contribution in [2.45, 2.75) is 6.92 Å². The van der Waals surface area contributed by atoms with Crippen LogP contribution in [0.15, 0.2) is 187 Å². The van der Waals surface area contributed by atoms with E-state index in [9.17, 15) is 0 Å². The van der Waals surface area contributed by atoms with E-state index in [1.807, 2.05) is 60.7 Å². The normalized spacial score (nSPS) is 10.9. The Morgan fingerprint density at radius 3 is 1.72 bits per heavy atom. The van der Waals surface area contributed by atoms with Crippen LogP contribution >= 0.6 is 11.3 Å². The number of nitrogens with one attached hydrogen (secondary N) is 1. The summed E-state index contributed by atoms with van der Waals surface area (Å²) < 4.78 is 6.19. The Balaban J connectivity index is 0.000000279. The lowest BCUT2D eigenvalue weighted by atomic mass is 9.92. The molecule has 0 aliphatic carbocycles. The molecule has 2 nitrogen and oxygen atoms in total. The van der Waals surface area contributed by atoms with Gasteiger partial charge < -0.3 is 10.1 Å². The van der Waals surface area contributed by atoms with Crippen molar-refractivity contribution in [2.24, 2.45) is 0 Å². The van der Waals surface area contributed by atoms with Gasteiger partial charge in [-0.1, -0.05) is 133 Å². The molecule has 0 amide bonds. The lowest BCUT2D eigenvalue weighted by molar-refractivity contribution is 0.485. The number of fused-ring (bicyclic) bond motifs is 6. The predicted octanol–water partition coefficient (Wildman–Crippen LogP) is 14.1. The minimum atomic E-state index is 0.788. The summed E-state index contributed by atoms with van der Waals surface area (Å²) in [5.74, 6) is 1.60. The highest BCUT2D eigenvalue weighted by Crippen LogP contribution is 2.38. The molecule has 1 aromatic heterocycles. The summed E-state index contributed by atoms with van der Waals surface area (Å²) in [5, 5.41) is 13.4. The average molecular weight is 662 g/mol. The van der Waals surface area contributed by atoms with Gasteiger partial charge in [-0.15, -0.1) is 11.3 Å². The molecule has 1 N–H and O–H groups in total. The molecule has 0 aliphatic rings. The van der Waals surface area contributed by atoms with E-state index in [1.54, 1.807) is 11.3 Å². The van der Waals surface area contributed by atoms with Gasteiger partial charge in [0, 0.05) is 10.6 Å². The molecule has 0 saturated carbocycles. The van der Waals surface area contributed by atoms with Gasteiger partial charge in [0.1, 0.15) is 5.75 Å². The van der Waals surface area contributed by atoms with Gasteiger partial charge >= 0.3 is 0 Å². The number of rotatable bonds is 6. The molecule has 9 rings (SSSR count). The monoisotopic (exact) mass is 661 g/mol. The van der Waals surface area contributed by atoms with Crippen molar-refractivity contribution in [1.82, 2.24) is 0 Å². The Kier molecular flexibility index (Phi) is 8.80. The molecule has 8 aromatic carbocycles. The van der Waals surface area contributed by atoms with Crippen LogP contribution in [0.5, 0.6) is 11.5 Å². The fraction of sp³-hybridized carbons (Fsp3) is 0.0213. The molecule has 0 fully saturated rings. The number of ether oxygens (including phenoxy) is 1. The number of hydrogen-bond acceptors (Lipinski definition) is 3. The van der Waals surface area contributed by atoms with Crippen molar-refractivity contribution >= 4 is 55.0 Å². The number of hydrogen-bond donors (Lipinski definition) is 1. The summed E-state index contributed by atoms with van der Waals surface area (Å²) in [4.78, 5) is 1.34. The lowest BCUT2D eigenvalue weighted by Crippen LogP contribution is -1.95. The molecular formula is C47H35NOS. The van der Waals surface area contributed by atoms with E-state index in [1.165, 1.54) is 59.4 Å². The van der Waals surface area contributed by atoms with Crippen LogP contribution in [0.25, 0.3) is 53.9 Å². The zero-order chi connectivity index (χ0) is 33.7. The molecule has 0 aliphatic heterocycles. The molecule has 0 bridgehead atoms. The maximum Gasteiger partial charge on any atom is 0.150 e. The van der Waals surface area contributed by atoms with Gasteiger partial charge in [-0.25, -0.2) is 0 Å². The Morgan fingerprint density at radius 1 is 0.440 bits per heavy atom.